The van der Waals surface area contributed by atoms with Gasteiger partial charge in [-0.2, -0.15) is 5.10 Å². The number of non-ortho nitro benzene ring substituents is 1. The maximum Gasteiger partial charge on any atom is 0.271 e. The van der Waals surface area contributed by atoms with Crippen molar-refractivity contribution in [3.63, 3.8) is 0 Å². The lowest BCUT2D eigenvalue weighted by atomic mass is 10.1. The third kappa shape index (κ3) is 5.46. The van der Waals surface area contributed by atoms with Gasteiger partial charge in [-0.15, -0.1) is 0 Å². The molecule has 0 unspecified atom stereocenters. The second-order valence-corrected chi connectivity index (χ2v) is 6.22. The maximum absolute atomic E-state index is 11.9. The first kappa shape index (κ1) is 19.7. The number of fused-ring (bicyclic) bond motifs is 1. The summed E-state index contributed by atoms with van der Waals surface area (Å²) >= 11 is 0. The molecule has 0 aromatic heterocycles. The van der Waals surface area contributed by atoms with Gasteiger partial charge in [-0.05, 0) is 16.8 Å². The van der Waals surface area contributed by atoms with Crippen LogP contribution < -0.4 is 10.7 Å². The zero-order valence-corrected chi connectivity index (χ0v) is 15.4. The Morgan fingerprint density at radius 1 is 0.966 bits per heavy atom. The second-order valence-electron chi connectivity index (χ2n) is 6.22. The molecule has 0 saturated carbocycles. The summed E-state index contributed by atoms with van der Waals surface area (Å²) < 4.78 is 0. The number of anilines is 1. The van der Waals surface area contributed by atoms with Crippen molar-refractivity contribution in [3.05, 3.63) is 82.4 Å². The van der Waals surface area contributed by atoms with E-state index in [0.717, 1.165) is 16.3 Å². The molecule has 0 radical (unpaired) electrons. The molecule has 0 heterocycles. The molecule has 8 nitrogen and oxygen atoms in total. The van der Waals surface area contributed by atoms with Crippen molar-refractivity contribution in [2.45, 2.75) is 12.8 Å². The van der Waals surface area contributed by atoms with E-state index in [-0.39, 0.29) is 18.5 Å². The Morgan fingerprint density at radius 3 is 2.52 bits per heavy atom. The molecule has 0 aliphatic carbocycles. The number of nitrogens with zero attached hydrogens (tertiary/aromatic N) is 2. The molecule has 0 bridgehead atoms. The maximum atomic E-state index is 11.9. The van der Waals surface area contributed by atoms with Gasteiger partial charge in [0.05, 0.1) is 11.1 Å². The molecule has 0 aliphatic rings. The lowest BCUT2D eigenvalue weighted by Gasteiger charge is -2.05. The second kappa shape index (κ2) is 9.23. The van der Waals surface area contributed by atoms with Crippen molar-refractivity contribution in [2.75, 3.05) is 5.32 Å². The summed E-state index contributed by atoms with van der Waals surface area (Å²) in [6, 6.07) is 19.2. The summed E-state index contributed by atoms with van der Waals surface area (Å²) in [6.45, 7) is 0. The minimum atomic E-state index is -0.545. The van der Waals surface area contributed by atoms with E-state index in [4.69, 9.17) is 0 Å². The predicted octanol–water partition coefficient (Wildman–Crippen LogP) is 3.62. The minimum absolute atomic E-state index is 0.0619. The minimum Gasteiger partial charge on any atom is -0.326 e. The molecule has 0 atom stereocenters. The highest BCUT2D eigenvalue weighted by Gasteiger charge is 2.10. The van der Waals surface area contributed by atoms with E-state index in [9.17, 15) is 19.7 Å². The number of nitro groups is 1. The molecule has 3 aromatic carbocycles. The third-order valence-corrected chi connectivity index (χ3v) is 4.14. The van der Waals surface area contributed by atoms with Gasteiger partial charge in [-0.1, -0.05) is 48.5 Å². The molecule has 0 saturated heterocycles. The Hall–Kier alpha value is -4.07. The molecule has 3 rings (SSSR count). The number of carbonyl (C=O) groups is 2. The fourth-order valence-corrected chi connectivity index (χ4v) is 2.74. The Bertz CT molecular complexity index is 1090. The van der Waals surface area contributed by atoms with Crippen molar-refractivity contribution in [3.8, 4) is 0 Å². The number of carbonyl (C=O) groups excluding carboxylic acids is 2. The van der Waals surface area contributed by atoms with E-state index < -0.39 is 16.7 Å². The normalized spacial score (nSPS) is 10.8. The average Bonchev–Trinajstić information content (AvgIpc) is 2.72. The lowest BCUT2D eigenvalue weighted by Crippen LogP contribution is -2.20. The first-order valence-corrected chi connectivity index (χ1v) is 8.87. The van der Waals surface area contributed by atoms with Gasteiger partial charge in [0.2, 0.25) is 11.8 Å². The van der Waals surface area contributed by atoms with Crippen molar-refractivity contribution in [1.29, 1.82) is 0 Å². The fourth-order valence-electron chi connectivity index (χ4n) is 2.74. The number of nitrogens with one attached hydrogen (secondary N) is 2. The highest BCUT2D eigenvalue weighted by atomic mass is 16.6. The highest BCUT2D eigenvalue weighted by Crippen LogP contribution is 2.18. The zero-order valence-electron chi connectivity index (χ0n) is 15.4. The largest absolute Gasteiger partial charge is 0.326 e. The van der Waals surface area contributed by atoms with Crippen LogP contribution in [0.4, 0.5) is 11.4 Å². The van der Waals surface area contributed by atoms with Crippen LogP contribution in [0, 0.1) is 10.1 Å². The van der Waals surface area contributed by atoms with Crippen LogP contribution in [0.3, 0.4) is 0 Å². The van der Waals surface area contributed by atoms with Gasteiger partial charge in [0.25, 0.3) is 5.69 Å². The monoisotopic (exact) mass is 390 g/mol. The topological polar surface area (TPSA) is 114 Å². The van der Waals surface area contributed by atoms with Crippen LogP contribution in [0.25, 0.3) is 10.8 Å². The Morgan fingerprint density at radius 2 is 1.69 bits per heavy atom. The van der Waals surface area contributed by atoms with Crippen molar-refractivity contribution in [2.24, 2.45) is 5.10 Å². The van der Waals surface area contributed by atoms with Gasteiger partial charge in [-0.25, -0.2) is 5.43 Å². The van der Waals surface area contributed by atoms with Gasteiger partial charge < -0.3 is 5.32 Å². The summed E-state index contributed by atoms with van der Waals surface area (Å²) in [5, 5.41) is 19.3. The van der Waals surface area contributed by atoms with Gasteiger partial charge in [0.1, 0.15) is 0 Å². The number of amides is 2. The quantitative estimate of drug-likeness (QED) is 0.364. The summed E-state index contributed by atoms with van der Waals surface area (Å²) in [7, 11) is 0. The summed E-state index contributed by atoms with van der Waals surface area (Å²) in [5.41, 5.74) is 3.45. The van der Waals surface area contributed by atoms with Crippen LogP contribution in [0.5, 0.6) is 0 Å². The first-order valence-electron chi connectivity index (χ1n) is 8.87. The van der Waals surface area contributed by atoms with Crippen LogP contribution >= 0.6 is 0 Å². The molecule has 146 valence electrons. The number of rotatable bonds is 7. The van der Waals surface area contributed by atoms with Crippen LogP contribution in [0.1, 0.15) is 18.4 Å². The van der Waals surface area contributed by atoms with E-state index in [2.05, 4.69) is 15.8 Å². The van der Waals surface area contributed by atoms with Gasteiger partial charge in [0, 0.05) is 36.2 Å². The number of benzene rings is 3. The average molecular weight is 390 g/mol. The van der Waals surface area contributed by atoms with Gasteiger partial charge in [0.15, 0.2) is 0 Å². The molecule has 0 aliphatic heterocycles. The van der Waals surface area contributed by atoms with Crippen LogP contribution in [0.15, 0.2) is 71.8 Å². The molecule has 0 fully saturated rings. The molecule has 2 amide bonds. The molecule has 3 aromatic rings. The fraction of sp³-hybridized carbons (Fsp3) is 0.0952. The van der Waals surface area contributed by atoms with E-state index in [1.54, 1.807) is 12.3 Å². The van der Waals surface area contributed by atoms with Gasteiger partial charge >= 0.3 is 0 Å². The number of hydrazone groups is 1. The number of hydrogen-bond donors (Lipinski definition) is 2. The third-order valence-electron chi connectivity index (χ3n) is 4.14. The van der Waals surface area contributed by atoms with E-state index in [1.807, 2.05) is 42.5 Å². The summed E-state index contributed by atoms with van der Waals surface area (Å²) in [4.78, 5) is 34.1. The van der Waals surface area contributed by atoms with Crippen molar-refractivity contribution >= 4 is 40.2 Å². The molecular formula is C21H18N4O4. The van der Waals surface area contributed by atoms with Gasteiger partial charge in [-0.3, -0.25) is 19.7 Å². The smallest absolute Gasteiger partial charge is 0.271 e. The Labute approximate surface area is 166 Å². The Kier molecular flexibility index (Phi) is 6.26. The van der Waals surface area contributed by atoms with E-state index >= 15 is 0 Å². The molecule has 8 heteroatoms. The summed E-state index contributed by atoms with van der Waals surface area (Å²) in [5.74, 6) is -0.825. The molecular weight excluding hydrogens is 372 g/mol. The molecule has 2 N–H and O–H groups in total. The highest BCUT2D eigenvalue weighted by molar-refractivity contribution is 6.00. The van der Waals surface area contributed by atoms with Crippen molar-refractivity contribution in [1.82, 2.24) is 5.43 Å². The lowest BCUT2D eigenvalue weighted by molar-refractivity contribution is -0.384. The number of nitro benzene ring substituents is 1. The standard InChI is InChI=1S/C21H18N4O4/c26-20(23-17-8-4-9-18(13-17)25(28)29)11-12-21(27)24-22-14-16-7-3-6-15-5-1-2-10-19(15)16/h1-10,13-14H,11-12H2,(H,23,26)(H,24,27)/b22-14+. The molecule has 0 spiro atoms. The van der Waals surface area contributed by atoms with Crippen molar-refractivity contribution < 1.29 is 14.5 Å². The number of hydrogen-bond acceptors (Lipinski definition) is 5. The Balaban J connectivity index is 1.49. The molecule has 29 heavy (non-hydrogen) atoms. The van der Waals surface area contributed by atoms with E-state index in [1.165, 1.54) is 18.2 Å². The van der Waals surface area contributed by atoms with Crippen LogP contribution in [-0.4, -0.2) is 23.0 Å². The van der Waals surface area contributed by atoms with E-state index in [0.29, 0.717) is 5.69 Å². The predicted molar refractivity (Wildman–Crippen MR) is 111 cm³/mol. The van der Waals surface area contributed by atoms with Crippen LogP contribution in [-0.2, 0) is 9.59 Å². The SMILES string of the molecule is O=C(CCC(=O)Nc1cccc([N+](=O)[O-])c1)N/N=C/c1cccc2ccccc12. The summed E-state index contributed by atoms with van der Waals surface area (Å²) in [6.07, 6.45) is 1.43. The van der Waals surface area contributed by atoms with Crippen LogP contribution in [0.2, 0.25) is 0 Å². The zero-order chi connectivity index (χ0) is 20.6. The first-order chi connectivity index (χ1) is 14.0.